The van der Waals surface area contributed by atoms with Crippen molar-refractivity contribution in [2.45, 2.75) is 20.3 Å². The third-order valence-electron chi connectivity index (χ3n) is 3.33. The molecule has 0 spiro atoms. The van der Waals surface area contributed by atoms with Gasteiger partial charge in [-0.25, -0.2) is 0 Å². The SMILES string of the molecule is COC(=O)C1CCOc2cc(C)c(C)cc2C1=O. The van der Waals surface area contributed by atoms with Gasteiger partial charge in [0.05, 0.1) is 19.3 Å². The number of rotatable bonds is 1. The quantitative estimate of drug-likeness (QED) is 0.564. The summed E-state index contributed by atoms with van der Waals surface area (Å²) in [6.07, 6.45) is 0.359. The van der Waals surface area contributed by atoms with E-state index in [0.717, 1.165) is 11.1 Å². The van der Waals surface area contributed by atoms with Crippen LogP contribution in [0.2, 0.25) is 0 Å². The number of benzene rings is 1. The van der Waals surface area contributed by atoms with Crippen molar-refractivity contribution in [3.05, 3.63) is 28.8 Å². The molecule has 96 valence electrons. The minimum atomic E-state index is -0.752. The normalized spacial score (nSPS) is 18.6. The number of hydrogen-bond acceptors (Lipinski definition) is 4. The van der Waals surface area contributed by atoms with Crippen LogP contribution in [0.3, 0.4) is 0 Å². The Morgan fingerprint density at radius 2 is 2.00 bits per heavy atom. The molecule has 4 heteroatoms. The van der Waals surface area contributed by atoms with Crippen LogP contribution in [0, 0.1) is 19.8 Å². The van der Waals surface area contributed by atoms with Gasteiger partial charge in [0.1, 0.15) is 11.7 Å². The summed E-state index contributed by atoms with van der Waals surface area (Å²) in [5.74, 6) is -0.889. The minimum Gasteiger partial charge on any atom is -0.493 e. The summed E-state index contributed by atoms with van der Waals surface area (Å²) in [4.78, 5) is 23.9. The second kappa shape index (κ2) is 4.80. The molecule has 0 saturated carbocycles. The van der Waals surface area contributed by atoms with Gasteiger partial charge in [0.25, 0.3) is 0 Å². The highest BCUT2D eigenvalue weighted by Gasteiger charge is 2.33. The van der Waals surface area contributed by atoms with Gasteiger partial charge in [0, 0.05) is 6.42 Å². The third-order valence-corrected chi connectivity index (χ3v) is 3.33. The number of hydrogen-bond donors (Lipinski definition) is 0. The number of methoxy groups -OCH3 is 1. The monoisotopic (exact) mass is 248 g/mol. The molecular weight excluding hydrogens is 232 g/mol. The highest BCUT2D eigenvalue weighted by atomic mass is 16.5. The molecule has 1 aliphatic rings. The second-order valence-electron chi connectivity index (χ2n) is 4.51. The predicted molar refractivity (Wildman–Crippen MR) is 65.9 cm³/mol. The van der Waals surface area contributed by atoms with Crippen LogP contribution in [0.15, 0.2) is 12.1 Å². The Bertz CT molecular complexity index is 505. The van der Waals surface area contributed by atoms with E-state index in [2.05, 4.69) is 4.74 Å². The number of ketones is 1. The molecule has 0 saturated heterocycles. The molecule has 0 fully saturated rings. The van der Waals surface area contributed by atoms with E-state index in [-0.39, 0.29) is 5.78 Å². The lowest BCUT2D eigenvalue weighted by atomic mass is 9.93. The van der Waals surface area contributed by atoms with Crippen molar-refractivity contribution in [1.82, 2.24) is 0 Å². The van der Waals surface area contributed by atoms with E-state index >= 15 is 0 Å². The van der Waals surface area contributed by atoms with Gasteiger partial charge < -0.3 is 9.47 Å². The lowest BCUT2D eigenvalue weighted by Crippen LogP contribution is -2.25. The van der Waals surface area contributed by atoms with Gasteiger partial charge in [-0.2, -0.15) is 0 Å². The molecule has 1 heterocycles. The first-order chi connectivity index (χ1) is 8.54. The highest BCUT2D eigenvalue weighted by molar-refractivity contribution is 6.10. The Morgan fingerprint density at radius 1 is 1.33 bits per heavy atom. The number of carbonyl (C=O) groups is 2. The third kappa shape index (κ3) is 2.10. The van der Waals surface area contributed by atoms with Crippen molar-refractivity contribution in [2.75, 3.05) is 13.7 Å². The zero-order valence-electron chi connectivity index (χ0n) is 10.8. The molecule has 0 aliphatic carbocycles. The van der Waals surface area contributed by atoms with E-state index in [9.17, 15) is 9.59 Å². The van der Waals surface area contributed by atoms with Crippen LogP contribution in [-0.4, -0.2) is 25.5 Å². The molecule has 18 heavy (non-hydrogen) atoms. The van der Waals surface area contributed by atoms with E-state index in [4.69, 9.17) is 4.74 Å². The lowest BCUT2D eigenvalue weighted by Gasteiger charge is -2.11. The summed E-state index contributed by atoms with van der Waals surface area (Å²) in [5.41, 5.74) is 2.56. The fourth-order valence-corrected chi connectivity index (χ4v) is 2.07. The molecular formula is C14H16O4. The van der Waals surface area contributed by atoms with Crippen LogP contribution >= 0.6 is 0 Å². The summed E-state index contributed by atoms with van der Waals surface area (Å²) in [6, 6.07) is 3.64. The van der Waals surface area contributed by atoms with Crippen molar-refractivity contribution in [3.8, 4) is 5.75 Å². The molecule has 0 bridgehead atoms. The summed E-state index contributed by atoms with van der Waals surface area (Å²) in [6.45, 7) is 4.24. The zero-order chi connectivity index (χ0) is 13.3. The number of fused-ring (bicyclic) bond motifs is 1. The summed E-state index contributed by atoms with van der Waals surface area (Å²) >= 11 is 0. The number of ether oxygens (including phenoxy) is 2. The van der Waals surface area contributed by atoms with E-state index in [1.54, 1.807) is 6.07 Å². The molecule has 0 N–H and O–H groups in total. The van der Waals surface area contributed by atoms with Gasteiger partial charge >= 0.3 is 5.97 Å². The maximum absolute atomic E-state index is 12.3. The van der Waals surface area contributed by atoms with Gasteiger partial charge in [-0.05, 0) is 37.1 Å². The lowest BCUT2D eigenvalue weighted by molar-refractivity contribution is -0.143. The molecule has 0 amide bonds. The molecule has 0 aromatic heterocycles. The first-order valence-corrected chi connectivity index (χ1v) is 5.90. The fraction of sp³-hybridized carbons (Fsp3) is 0.429. The van der Waals surface area contributed by atoms with E-state index in [0.29, 0.717) is 24.3 Å². The van der Waals surface area contributed by atoms with Crippen LogP contribution in [0.5, 0.6) is 5.75 Å². The Hall–Kier alpha value is -1.84. The standard InChI is InChI=1S/C14H16O4/c1-8-6-11-12(7-9(8)2)18-5-4-10(13(11)15)14(16)17-3/h6-7,10H,4-5H2,1-3H3. The molecule has 1 aliphatic heterocycles. The molecule has 1 aromatic carbocycles. The van der Waals surface area contributed by atoms with Gasteiger partial charge in [0.2, 0.25) is 0 Å². The Morgan fingerprint density at radius 3 is 2.67 bits per heavy atom. The number of Topliss-reactive ketones (excluding diaryl/α,β-unsaturated/α-hetero) is 1. The van der Waals surface area contributed by atoms with Crippen LogP contribution in [-0.2, 0) is 9.53 Å². The maximum Gasteiger partial charge on any atom is 0.316 e. The maximum atomic E-state index is 12.3. The molecule has 1 aromatic rings. The Labute approximate surface area is 106 Å². The first kappa shape index (κ1) is 12.6. The van der Waals surface area contributed by atoms with Crippen molar-refractivity contribution in [1.29, 1.82) is 0 Å². The van der Waals surface area contributed by atoms with Crippen LogP contribution in [0.4, 0.5) is 0 Å². The molecule has 4 nitrogen and oxygen atoms in total. The number of aryl methyl sites for hydroxylation is 2. The van der Waals surface area contributed by atoms with Crippen molar-refractivity contribution < 1.29 is 19.1 Å². The minimum absolute atomic E-state index is 0.211. The fourth-order valence-electron chi connectivity index (χ4n) is 2.07. The van der Waals surface area contributed by atoms with E-state index in [1.807, 2.05) is 19.9 Å². The molecule has 0 radical (unpaired) electrons. The molecule has 1 unspecified atom stereocenters. The van der Waals surface area contributed by atoms with Crippen LogP contribution < -0.4 is 4.74 Å². The van der Waals surface area contributed by atoms with Gasteiger partial charge in [-0.15, -0.1) is 0 Å². The average Bonchev–Trinajstić information content (AvgIpc) is 2.50. The number of esters is 1. The average molecular weight is 248 g/mol. The smallest absolute Gasteiger partial charge is 0.316 e. The number of carbonyl (C=O) groups excluding carboxylic acids is 2. The summed E-state index contributed by atoms with van der Waals surface area (Å²) in [7, 11) is 1.29. The second-order valence-corrected chi connectivity index (χ2v) is 4.51. The topological polar surface area (TPSA) is 52.6 Å². The predicted octanol–water partition coefficient (Wildman–Crippen LogP) is 2.06. The first-order valence-electron chi connectivity index (χ1n) is 5.90. The van der Waals surface area contributed by atoms with Gasteiger partial charge in [0.15, 0.2) is 5.78 Å². The van der Waals surface area contributed by atoms with Crippen molar-refractivity contribution in [2.24, 2.45) is 5.92 Å². The molecule has 2 rings (SSSR count). The van der Waals surface area contributed by atoms with Crippen LogP contribution in [0.25, 0.3) is 0 Å². The molecule has 1 atom stereocenters. The van der Waals surface area contributed by atoms with Crippen molar-refractivity contribution >= 4 is 11.8 Å². The highest BCUT2D eigenvalue weighted by Crippen LogP contribution is 2.30. The van der Waals surface area contributed by atoms with Gasteiger partial charge in [-0.1, -0.05) is 0 Å². The summed E-state index contributed by atoms with van der Waals surface area (Å²) in [5, 5.41) is 0. The van der Waals surface area contributed by atoms with Gasteiger partial charge in [-0.3, -0.25) is 9.59 Å². The Kier molecular flexibility index (Phi) is 3.36. The summed E-state index contributed by atoms with van der Waals surface area (Å²) < 4.78 is 10.2. The van der Waals surface area contributed by atoms with Crippen LogP contribution in [0.1, 0.15) is 27.9 Å². The van der Waals surface area contributed by atoms with Crippen molar-refractivity contribution in [3.63, 3.8) is 0 Å². The largest absolute Gasteiger partial charge is 0.493 e. The Balaban J connectivity index is 2.46. The zero-order valence-corrected chi connectivity index (χ0v) is 10.8. The van der Waals surface area contributed by atoms with E-state index in [1.165, 1.54) is 7.11 Å². The van der Waals surface area contributed by atoms with E-state index < -0.39 is 11.9 Å².